The van der Waals surface area contributed by atoms with Gasteiger partial charge in [0.2, 0.25) is 5.91 Å². The number of nitrogens with one attached hydrogen (secondary N) is 1. The number of halogens is 1. The summed E-state index contributed by atoms with van der Waals surface area (Å²) in [5, 5.41) is 4.13. The van der Waals surface area contributed by atoms with Gasteiger partial charge in [-0.25, -0.2) is 0 Å². The van der Waals surface area contributed by atoms with E-state index in [2.05, 4.69) is 60.8 Å². The normalized spacial score (nSPS) is 16.9. The third-order valence-electron chi connectivity index (χ3n) is 6.53. The van der Waals surface area contributed by atoms with E-state index in [9.17, 15) is 4.79 Å². The fraction of sp³-hybridized carbons (Fsp3) is 0.296. The summed E-state index contributed by atoms with van der Waals surface area (Å²) in [6.07, 6.45) is 3.79. The maximum Gasteiger partial charge on any atom is 0.230 e. The zero-order chi connectivity index (χ0) is 21.0. The zero-order valence-electron chi connectivity index (χ0n) is 17.4. The summed E-state index contributed by atoms with van der Waals surface area (Å²) in [6, 6.07) is 28.7. The van der Waals surface area contributed by atoms with Crippen LogP contribution >= 0.6 is 11.6 Å². The van der Waals surface area contributed by atoms with Gasteiger partial charge in [0, 0.05) is 17.0 Å². The van der Waals surface area contributed by atoms with Gasteiger partial charge < -0.3 is 5.32 Å². The second-order valence-electron chi connectivity index (χ2n) is 8.41. The monoisotopic (exact) mass is 417 g/mol. The second-order valence-corrected chi connectivity index (χ2v) is 8.85. The van der Waals surface area contributed by atoms with Gasteiger partial charge in [-0.15, -0.1) is 0 Å². The molecule has 1 saturated carbocycles. The van der Waals surface area contributed by atoms with Crippen molar-refractivity contribution < 1.29 is 4.79 Å². The van der Waals surface area contributed by atoms with Gasteiger partial charge in [0.15, 0.2) is 0 Å². The van der Waals surface area contributed by atoms with Crippen LogP contribution in [0.4, 0.5) is 0 Å². The summed E-state index contributed by atoms with van der Waals surface area (Å²) < 4.78 is 0. The lowest BCUT2D eigenvalue weighted by Crippen LogP contribution is -2.52. The summed E-state index contributed by atoms with van der Waals surface area (Å²) in [7, 11) is 0. The SMILES string of the molecule is C[C@H](NC(=O)C1(c2ccccc2)CCC1)[C@@H](Cc1ccc(Cl)cc1)c1ccccc1. The van der Waals surface area contributed by atoms with Crippen LogP contribution < -0.4 is 5.32 Å². The molecular formula is C27H28ClNO. The highest BCUT2D eigenvalue weighted by atomic mass is 35.5. The van der Waals surface area contributed by atoms with Crippen molar-refractivity contribution in [2.24, 2.45) is 0 Å². The molecule has 1 N–H and O–H groups in total. The van der Waals surface area contributed by atoms with Crippen LogP contribution in [0.3, 0.4) is 0 Å². The van der Waals surface area contributed by atoms with E-state index >= 15 is 0 Å². The smallest absolute Gasteiger partial charge is 0.230 e. The quantitative estimate of drug-likeness (QED) is 0.480. The van der Waals surface area contributed by atoms with Crippen LogP contribution in [0.5, 0.6) is 0 Å². The molecule has 0 unspecified atom stereocenters. The average molecular weight is 418 g/mol. The predicted molar refractivity (Wildman–Crippen MR) is 124 cm³/mol. The summed E-state index contributed by atoms with van der Waals surface area (Å²) in [6.45, 7) is 2.13. The molecule has 30 heavy (non-hydrogen) atoms. The van der Waals surface area contributed by atoms with E-state index in [1.807, 2.05) is 36.4 Å². The number of hydrogen-bond donors (Lipinski definition) is 1. The molecular weight excluding hydrogens is 390 g/mol. The molecule has 0 heterocycles. The van der Waals surface area contributed by atoms with E-state index in [0.717, 1.165) is 36.3 Å². The first-order valence-corrected chi connectivity index (χ1v) is 11.1. The highest BCUT2D eigenvalue weighted by Gasteiger charge is 2.46. The van der Waals surface area contributed by atoms with E-state index in [4.69, 9.17) is 11.6 Å². The minimum absolute atomic E-state index is 0.0109. The second kappa shape index (κ2) is 9.06. The van der Waals surface area contributed by atoms with Gasteiger partial charge >= 0.3 is 0 Å². The van der Waals surface area contributed by atoms with Gasteiger partial charge in [0.1, 0.15) is 0 Å². The van der Waals surface area contributed by atoms with Crippen LogP contribution in [-0.2, 0) is 16.6 Å². The molecule has 0 radical (unpaired) electrons. The van der Waals surface area contributed by atoms with E-state index in [-0.39, 0.29) is 23.3 Å². The number of rotatable bonds is 7. The van der Waals surface area contributed by atoms with Crippen molar-refractivity contribution in [3.8, 4) is 0 Å². The Kier molecular flexibility index (Phi) is 6.24. The first-order valence-electron chi connectivity index (χ1n) is 10.7. The molecule has 0 bridgehead atoms. The van der Waals surface area contributed by atoms with Crippen LogP contribution in [0.15, 0.2) is 84.9 Å². The van der Waals surface area contributed by atoms with Crippen molar-refractivity contribution in [3.05, 3.63) is 107 Å². The Labute approximate surface area is 184 Å². The molecule has 1 aliphatic rings. The van der Waals surface area contributed by atoms with Crippen molar-refractivity contribution in [3.63, 3.8) is 0 Å². The number of amides is 1. The molecule has 0 spiro atoms. The molecule has 154 valence electrons. The van der Waals surface area contributed by atoms with Crippen LogP contribution in [0.1, 0.15) is 48.8 Å². The highest BCUT2D eigenvalue weighted by molar-refractivity contribution is 6.30. The topological polar surface area (TPSA) is 29.1 Å². The molecule has 1 aliphatic carbocycles. The third kappa shape index (κ3) is 4.29. The number of benzene rings is 3. The maximum atomic E-state index is 13.5. The largest absolute Gasteiger partial charge is 0.352 e. The van der Waals surface area contributed by atoms with Gasteiger partial charge in [0.05, 0.1) is 5.41 Å². The van der Waals surface area contributed by atoms with Crippen LogP contribution in [0.2, 0.25) is 5.02 Å². The first-order chi connectivity index (χ1) is 14.6. The Morgan fingerprint density at radius 3 is 2.10 bits per heavy atom. The molecule has 3 heteroatoms. The molecule has 0 saturated heterocycles. The maximum absolute atomic E-state index is 13.5. The molecule has 2 nitrogen and oxygen atoms in total. The van der Waals surface area contributed by atoms with Gasteiger partial charge in [-0.2, -0.15) is 0 Å². The van der Waals surface area contributed by atoms with E-state index in [1.165, 1.54) is 11.1 Å². The van der Waals surface area contributed by atoms with Gasteiger partial charge in [-0.05, 0) is 55.0 Å². The molecule has 2 atom stereocenters. The molecule has 3 aromatic carbocycles. The fourth-order valence-electron chi connectivity index (χ4n) is 4.54. The molecule has 3 aromatic rings. The van der Waals surface area contributed by atoms with Crippen LogP contribution in [-0.4, -0.2) is 11.9 Å². The standard InChI is InChI=1S/C27H28ClNO/c1-20(29-26(30)27(17-8-18-27)23-11-6-3-7-12-23)25(22-9-4-2-5-10-22)19-21-13-15-24(28)16-14-21/h2-7,9-16,20,25H,8,17-19H2,1H3,(H,29,30)/t20-,25+/m0/s1. The van der Waals surface area contributed by atoms with Gasteiger partial charge in [-0.3, -0.25) is 4.79 Å². The van der Waals surface area contributed by atoms with E-state index < -0.39 is 0 Å². The van der Waals surface area contributed by atoms with Crippen molar-refractivity contribution in [2.45, 2.75) is 50.0 Å². The zero-order valence-corrected chi connectivity index (χ0v) is 18.1. The molecule has 4 rings (SSSR count). The molecule has 1 amide bonds. The molecule has 1 fully saturated rings. The lowest BCUT2D eigenvalue weighted by molar-refractivity contribution is -0.130. The minimum Gasteiger partial charge on any atom is -0.352 e. The van der Waals surface area contributed by atoms with Crippen molar-refractivity contribution in [2.75, 3.05) is 0 Å². The Morgan fingerprint density at radius 2 is 1.53 bits per heavy atom. The lowest BCUT2D eigenvalue weighted by Gasteiger charge is -2.42. The molecule has 0 aromatic heterocycles. The van der Waals surface area contributed by atoms with Crippen molar-refractivity contribution in [1.82, 2.24) is 5.32 Å². The van der Waals surface area contributed by atoms with E-state index in [1.54, 1.807) is 0 Å². The summed E-state index contributed by atoms with van der Waals surface area (Å²) in [5.74, 6) is 0.341. The average Bonchev–Trinajstić information content (AvgIpc) is 2.74. The Hall–Kier alpha value is -2.58. The summed E-state index contributed by atoms with van der Waals surface area (Å²) in [4.78, 5) is 13.5. The predicted octanol–water partition coefficient (Wildman–Crippen LogP) is 6.29. The number of hydrogen-bond acceptors (Lipinski definition) is 1. The highest BCUT2D eigenvalue weighted by Crippen LogP contribution is 2.44. The van der Waals surface area contributed by atoms with Crippen molar-refractivity contribution in [1.29, 1.82) is 0 Å². The van der Waals surface area contributed by atoms with Crippen LogP contribution in [0.25, 0.3) is 0 Å². The van der Waals surface area contributed by atoms with Gasteiger partial charge in [0.25, 0.3) is 0 Å². The Morgan fingerprint density at radius 1 is 0.933 bits per heavy atom. The fourth-order valence-corrected chi connectivity index (χ4v) is 4.66. The Bertz CT molecular complexity index is 965. The van der Waals surface area contributed by atoms with Gasteiger partial charge in [-0.1, -0.05) is 90.8 Å². The number of carbonyl (C=O) groups excluding carboxylic acids is 1. The molecule has 0 aliphatic heterocycles. The van der Waals surface area contributed by atoms with E-state index in [0.29, 0.717) is 0 Å². The summed E-state index contributed by atoms with van der Waals surface area (Å²) in [5.41, 5.74) is 3.21. The lowest BCUT2D eigenvalue weighted by atomic mass is 9.63. The first kappa shape index (κ1) is 20.7. The van der Waals surface area contributed by atoms with Crippen molar-refractivity contribution >= 4 is 17.5 Å². The third-order valence-corrected chi connectivity index (χ3v) is 6.78. The minimum atomic E-state index is -0.378. The summed E-state index contributed by atoms with van der Waals surface area (Å²) >= 11 is 6.07. The van der Waals surface area contributed by atoms with Crippen LogP contribution in [0, 0.1) is 0 Å². The Balaban J connectivity index is 1.56. The number of carbonyl (C=O) groups is 1.